The van der Waals surface area contributed by atoms with Gasteiger partial charge in [-0.2, -0.15) is 0 Å². The van der Waals surface area contributed by atoms with Crippen LogP contribution >= 0.6 is 0 Å². The molecule has 4 fully saturated rings. The molecule has 5 aliphatic rings. The van der Waals surface area contributed by atoms with Crippen molar-refractivity contribution in [2.24, 2.45) is 56.2 Å². The van der Waals surface area contributed by atoms with Crippen molar-refractivity contribution in [3.63, 3.8) is 0 Å². The summed E-state index contributed by atoms with van der Waals surface area (Å²) >= 11 is 0. The number of Topliss-reactive ketones (excluding diaryl/α,β-unsaturated/α-hetero) is 1. The fourth-order valence-corrected chi connectivity index (χ4v) is 13.0. The lowest BCUT2D eigenvalue weighted by molar-refractivity contribution is -0.233. The summed E-state index contributed by atoms with van der Waals surface area (Å²) in [4.78, 5) is 39.3. The minimum Gasteiger partial charge on any atom is -0.481 e. The highest BCUT2D eigenvalue weighted by atomic mass is 19.1. The highest BCUT2D eigenvalue weighted by molar-refractivity contribution is 5.91. The zero-order valence-electron chi connectivity index (χ0n) is 32.8. The molecule has 0 spiro atoms. The fraction of sp³-hybridized carbons (Fsp3) is 0.750. The number of ketones is 1. The van der Waals surface area contributed by atoms with E-state index >= 15 is 0 Å². The molecule has 0 heterocycles. The van der Waals surface area contributed by atoms with Crippen LogP contribution in [0.15, 0.2) is 35.4 Å². The first kappa shape index (κ1) is 38.2. The van der Waals surface area contributed by atoms with E-state index in [-0.39, 0.29) is 45.4 Å². The molecule has 8 atom stereocenters. The smallest absolute Gasteiger partial charge is 0.309 e. The van der Waals surface area contributed by atoms with E-state index in [0.717, 1.165) is 69.8 Å². The standard InChI is InChI=1S/C44H64FNO5/c1-27(2)30-16-21-44(34(47)26-46-25-28-10-12-29(45)13-11-28)23-22-42(8)31(37(30)44)14-15-33-41(7)19-18-35(51-36(48)24-39(3,4)38(49)50)40(5,6)32(41)17-20-43(33,42)9/h10-13,27,31-33,35,46H,14-26H2,1-9H3,(H,49,50)/t31-,32+,33-,35+,41+,42-,43-,44-/m1/s1. The SMILES string of the molecule is CC(C)C1=C2[C@H]3CC[C@@H]4[C@@]5(C)CC[C@H](OC(=O)CC(C)(C)C(=O)O)C(C)(C)[C@@H]5CC[C@@]4(C)[C@]3(C)CC[C@@]2(C(=O)CNCc2ccc(F)cc2)CC1. The molecule has 0 unspecified atom stereocenters. The lowest BCUT2D eigenvalue weighted by Gasteiger charge is -2.72. The van der Waals surface area contributed by atoms with Crippen LogP contribution in [0.1, 0.15) is 139 Å². The van der Waals surface area contributed by atoms with Crippen LogP contribution in [0, 0.1) is 62.0 Å². The quantitative estimate of drug-likeness (QED) is 0.186. The maximum Gasteiger partial charge on any atom is 0.309 e. The van der Waals surface area contributed by atoms with Crippen molar-refractivity contribution in [1.82, 2.24) is 5.32 Å². The maximum absolute atomic E-state index is 14.5. The van der Waals surface area contributed by atoms with E-state index in [1.54, 1.807) is 26.0 Å². The van der Waals surface area contributed by atoms with Crippen LogP contribution in [0.3, 0.4) is 0 Å². The molecule has 0 saturated heterocycles. The van der Waals surface area contributed by atoms with Gasteiger partial charge in [0.05, 0.1) is 23.8 Å². The minimum absolute atomic E-state index is 0.0882. The van der Waals surface area contributed by atoms with Gasteiger partial charge in [-0.25, -0.2) is 4.39 Å². The van der Waals surface area contributed by atoms with Crippen molar-refractivity contribution in [2.75, 3.05) is 6.54 Å². The number of halogens is 1. The topological polar surface area (TPSA) is 92.7 Å². The van der Waals surface area contributed by atoms with E-state index in [1.165, 1.54) is 23.3 Å². The summed E-state index contributed by atoms with van der Waals surface area (Å²) in [7, 11) is 0. The molecule has 2 N–H and O–H groups in total. The zero-order valence-corrected chi connectivity index (χ0v) is 32.8. The summed E-state index contributed by atoms with van der Waals surface area (Å²) in [6, 6.07) is 6.52. The second-order valence-electron chi connectivity index (χ2n) is 19.6. The van der Waals surface area contributed by atoms with Crippen molar-refractivity contribution < 1.29 is 28.6 Å². The Morgan fingerprint density at radius 3 is 2.24 bits per heavy atom. The normalized spacial score (nSPS) is 37.2. The van der Waals surface area contributed by atoms with Crippen molar-refractivity contribution in [2.45, 2.75) is 146 Å². The first-order valence-corrected chi connectivity index (χ1v) is 19.9. The number of aliphatic carboxylic acids is 1. The van der Waals surface area contributed by atoms with Crippen molar-refractivity contribution >= 4 is 17.7 Å². The summed E-state index contributed by atoms with van der Waals surface area (Å²) in [5.41, 5.74) is 2.58. The van der Waals surface area contributed by atoms with Crippen LogP contribution in [0.2, 0.25) is 0 Å². The van der Waals surface area contributed by atoms with E-state index in [9.17, 15) is 23.9 Å². The first-order chi connectivity index (χ1) is 23.7. The number of rotatable bonds is 10. The highest BCUT2D eigenvalue weighted by Crippen LogP contribution is 2.77. The number of carbonyl (C=O) groups is 3. The number of esters is 1. The molecule has 0 radical (unpaired) electrons. The Bertz CT molecular complexity index is 1580. The van der Waals surface area contributed by atoms with E-state index < -0.39 is 17.4 Å². The third-order valence-corrected chi connectivity index (χ3v) is 16.1. The van der Waals surface area contributed by atoms with E-state index in [2.05, 4.69) is 53.8 Å². The van der Waals surface area contributed by atoms with Crippen LogP contribution in [0.25, 0.3) is 0 Å². The molecule has 4 saturated carbocycles. The number of carbonyl (C=O) groups excluding carboxylic acids is 2. The Morgan fingerprint density at radius 2 is 1.59 bits per heavy atom. The molecule has 6 rings (SSSR count). The second kappa shape index (κ2) is 13.1. The van der Waals surface area contributed by atoms with Gasteiger partial charge in [-0.05, 0) is 136 Å². The Morgan fingerprint density at radius 1 is 0.902 bits per heavy atom. The van der Waals surface area contributed by atoms with Gasteiger partial charge in [-0.15, -0.1) is 0 Å². The third-order valence-electron chi connectivity index (χ3n) is 16.1. The minimum atomic E-state index is -1.15. The number of hydrogen-bond donors (Lipinski definition) is 2. The predicted molar refractivity (Wildman–Crippen MR) is 198 cm³/mol. The lowest BCUT2D eigenvalue weighted by Crippen LogP contribution is -2.66. The molecule has 6 nitrogen and oxygen atoms in total. The average molecular weight is 706 g/mol. The van der Waals surface area contributed by atoms with E-state index in [0.29, 0.717) is 42.5 Å². The van der Waals surface area contributed by atoms with Crippen LogP contribution in [-0.4, -0.2) is 35.5 Å². The van der Waals surface area contributed by atoms with Gasteiger partial charge >= 0.3 is 11.9 Å². The number of allylic oxidation sites excluding steroid dienone is 2. The Hall–Kier alpha value is -2.54. The zero-order chi connectivity index (χ0) is 37.4. The Labute approximate surface area is 306 Å². The maximum atomic E-state index is 14.5. The van der Waals surface area contributed by atoms with Gasteiger partial charge in [0, 0.05) is 12.0 Å². The van der Waals surface area contributed by atoms with Gasteiger partial charge in [-0.1, -0.05) is 71.7 Å². The highest BCUT2D eigenvalue weighted by Gasteiger charge is 2.70. The van der Waals surface area contributed by atoms with Crippen molar-refractivity contribution in [1.29, 1.82) is 0 Å². The largest absolute Gasteiger partial charge is 0.481 e. The second-order valence-corrected chi connectivity index (χ2v) is 19.6. The number of ether oxygens (including phenoxy) is 1. The Balaban J connectivity index is 1.24. The van der Waals surface area contributed by atoms with Crippen LogP contribution < -0.4 is 5.32 Å². The van der Waals surface area contributed by atoms with Gasteiger partial charge in [0.2, 0.25) is 0 Å². The number of carboxylic acid groups (broad SMARTS) is 1. The molecular formula is C44H64FNO5. The molecule has 0 amide bonds. The van der Waals surface area contributed by atoms with E-state index in [4.69, 9.17) is 4.74 Å². The summed E-state index contributed by atoms with van der Waals surface area (Å²) in [6.45, 7) is 21.0. The monoisotopic (exact) mass is 705 g/mol. The number of nitrogens with one attached hydrogen (secondary N) is 1. The van der Waals surface area contributed by atoms with Crippen LogP contribution in [0.4, 0.5) is 4.39 Å². The van der Waals surface area contributed by atoms with Crippen LogP contribution in [0.5, 0.6) is 0 Å². The molecule has 51 heavy (non-hydrogen) atoms. The van der Waals surface area contributed by atoms with Gasteiger partial charge in [0.25, 0.3) is 0 Å². The summed E-state index contributed by atoms with van der Waals surface area (Å²) in [5, 5.41) is 13.0. The number of benzene rings is 1. The summed E-state index contributed by atoms with van der Waals surface area (Å²) in [6.07, 6.45) is 9.87. The van der Waals surface area contributed by atoms with Crippen LogP contribution in [-0.2, 0) is 25.7 Å². The molecule has 0 bridgehead atoms. The molecule has 0 aliphatic heterocycles. The lowest BCUT2D eigenvalue weighted by atomic mass is 9.33. The molecule has 7 heteroatoms. The number of hydrogen-bond acceptors (Lipinski definition) is 5. The summed E-state index contributed by atoms with van der Waals surface area (Å²) < 4.78 is 19.6. The van der Waals surface area contributed by atoms with Gasteiger partial charge < -0.3 is 15.2 Å². The van der Waals surface area contributed by atoms with Gasteiger partial charge in [-0.3, -0.25) is 14.4 Å². The van der Waals surface area contributed by atoms with Gasteiger partial charge in [0.1, 0.15) is 11.9 Å². The Kier molecular flexibility index (Phi) is 9.80. The number of carboxylic acids is 1. The molecule has 1 aromatic rings. The average Bonchev–Trinajstić information content (AvgIpc) is 3.45. The predicted octanol–water partition coefficient (Wildman–Crippen LogP) is 9.70. The fourth-order valence-electron chi connectivity index (χ4n) is 13.0. The third kappa shape index (κ3) is 6.04. The molecule has 1 aromatic carbocycles. The molecule has 5 aliphatic carbocycles. The summed E-state index contributed by atoms with van der Waals surface area (Å²) in [5.74, 6) is 0.452. The molecule has 282 valence electrons. The van der Waals surface area contributed by atoms with Gasteiger partial charge in [0.15, 0.2) is 5.78 Å². The van der Waals surface area contributed by atoms with E-state index in [1.807, 2.05) is 0 Å². The molecular weight excluding hydrogens is 641 g/mol. The van der Waals surface area contributed by atoms with Crippen molar-refractivity contribution in [3.8, 4) is 0 Å². The van der Waals surface area contributed by atoms with Crippen molar-refractivity contribution in [3.05, 3.63) is 46.8 Å². The first-order valence-electron chi connectivity index (χ1n) is 19.9. The molecule has 0 aromatic heterocycles. The number of fused-ring (bicyclic) bond motifs is 7.